The van der Waals surface area contributed by atoms with Crippen LogP contribution >= 0.6 is 0 Å². The molecule has 0 amide bonds. The molecule has 0 aliphatic heterocycles. The van der Waals surface area contributed by atoms with E-state index in [0.717, 1.165) is 36.7 Å². The number of rotatable bonds is 9. The first-order chi connectivity index (χ1) is 15.0. The third-order valence-electron chi connectivity index (χ3n) is 5.09. The lowest BCUT2D eigenvalue weighted by molar-refractivity contribution is 0.627. The molecule has 3 rings (SSSR count). The van der Waals surface area contributed by atoms with Crippen molar-refractivity contribution in [2.45, 2.75) is 26.4 Å². The van der Waals surface area contributed by atoms with Gasteiger partial charge < -0.3 is 20.1 Å². The van der Waals surface area contributed by atoms with E-state index in [4.69, 9.17) is 0 Å². The molecule has 2 aromatic carbocycles. The van der Waals surface area contributed by atoms with Gasteiger partial charge in [0.25, 0.3) is 0 Å². The summed E-state index contributed by atoms with van der Waals surface area (Å²) in [6.45, 7) is 4.57. The molecule has 0 saturated heterocycles. The van der Waals surface area contributed by atoms with Crippen LogP contribution in [0.3, 0.4) is 0 Å². The molecular weight excluding hydrogens is 393 g/mol. The zero-order valence-corrected chi connectivity index (χ0v) is 18.3. The molecule has 8 heteroatoms. The van der Waals surface area contributed by atoms with Crippen LogP contribution < -0.4 is 15.5 Å². The summed E-state index contributed by atoms with van der Waals surface area (Å²) < 4.78 is 15.1. The predicted octanol–water partition coefficient (Wildman–Crippen LogP) is 3.02. The van der Waals surface area contributed by atoms with Crippen LogP contribution in [0.2, 0.25) is 0 Å². The second-order valence-electron chi connectivity index (χ2n) is 7.40. The van der Waals surface area contributed by atoms with Gasteiger partial charge >= 0.3 is 0 Å². The number of para-hydroxylation sites is 1. The van der Waals surface area contributed by atoms with E-state index in [1.165, 1.54) is 17.8 Å². The number of guanidine groups is 1. The highest BCUT2D eigenvalue weighted by Gasteiger charge is 2.07. The van der Waals surface area contributed by atoms with Gasteiger partial charge in [-0.3, -0.25) is 0 Å². The summed E-state index contributed by atoms with van der Waals surface area (Å²) in [5.41, 5.74) is 2.14. The highest BCUT2D eigenvalue weighted by molar-refractivity contribution is 5.79. The summed E-state index contributed by atoms with van der Waals surface area (Å²) >= 11 is 0. The Hall–Kier alpha value is -3.42. The van der Waals surface area contributed by atoms with E-state index in [-0.39, 0.29) is 5.82 Å². The molecule has 0 aliphatic carbocycles. The minimum absolute atomic E-state index is 0.246. The summed E-state index contributed by atoms with van der Waals surface area (Å²) in [4.78, 5) is 6.88. The Morgan fingerprint density at radius 2 is 1.81 bits per heavy atom. The van der Waals surface area contributed by atoms with Crippen molar-refractivity contribution in [3.05, 3.63) is 77.6 Å². The van der Waals surface area contributed by atoms with Crippen LogP contribution in [0, 0.1) is 12.7 Å². The number of aliphatic imine (C=N–C) groups is 1. The second kappa shape index (κ2) is 11.1. The van der Waals surface area contributed by atoms with Crippen LogP contribution in [-0.2, 0) is 20.1 Å². The number of nitrogens with one attached hydrogen (secondary N) is 2. The van der Waals surface area contributed by atoms with Gasteiger partial charge in [0, 0.05) is 32.9 Å². The number of aromatic nitrogens is 3. The number of anilines is 1. The SMILES string of the molecule is Cc1nnc(CNC(=NCc2ccc(F)cc2)NCCCN(C)c2ccccc2)n1C. The molecule has 0 bridgehead atoms. The molecule has 164 valence electrons. The Labute approximate surface area is 183 Å². The highest BCUT2D eigenvalue weighted by atomic mass is 19.1. The molecule has 3 aromatic rings. The summed E-state index contributed by atoms with van der Waals surface area (Å²) in [6, 6.07) is 16.7. The minimum atomic E-state index is -0.246. The first kappa shape index (κ1) is 22.3. The maximum absolute atomic E-state index is 13.1. The van der Waals surface area contributed by atoms with Gasteiger partial charge in [-0.15, -0.1) is 10.2 Å². The third kappa shape index (κ3) is 6.80. The van der Waals surface area contributed by atoms with Crippen LogP contribution in [0.25, 0.3) is 0 Å². The van der Waals surface area contributed by atoms with Gasteiger partial charge in [0.05, 0.1) is 13.1 Å². The maximum atomic E-state index is 13.1. The fraction of sp³-hybridized carbons (Fsp3) is 0.348. The van der Waals surface area contributed by atoms with Crippen LogP contribution in [0.4, 0.5) is 10.1 Å². The number of hydrogen-bond acceptors (Lipinski definition) is 4. The van der Waals surface area contributed by atoms with Gasteiger partial charge in [0.15, 0.2) is 11.8 Å². The smallest absolute Gasteiger partial charge is 0.191 e. The van der Waals surface area contributed by atoms with E-state index >= 15 is 0 Å². The van der Waals surface area contributed by atoms with E-state index in [0.29, 0.717) is 19.0 Å². The molecule has 0 fully saturated rings. The van der Waals surface area contributed by atoms with E-state index in [1.54, 1.807) is 12.1 Å². The van der Waals surface area contributed by atoms with E-state index < -0.39 is 0 Å². The number of halogens is 1. The molecule has 31 heavy (non-hydrogen) atoms. The standard InChI is InChI=1S/C23H30FN7/c1-18-28-29-22(31(18)3)17-27-23(26-16-19-10-12-20(24)13-11-19)25-14-7-15-30(2)21-8-5-4-6-9-21/h4-6,8-13H,7,14-17H2,1-3H3,(H2,25,26,27). The van der Waals surface area contributed by atoms with Gasteiger partial charge in [0.1, 0.15) is 11.6 Å². The average molecular weight is 424 g/mol. The number of hydrogen-bond donors (Lipinski definition) is 2. The van der Waals surface area contributed by atoms with Crippen LogP contribution in [-0.4, -0.2) is 40.9 Å². The third-order valence-corrected chi connectivity index (χ3v) is 5.09. The number of nitrogens with zero attached hydrogens (tertiary/aromatic N) is 5. The van der Waals surface area contributed by atoms with Gasteiger partial charge in [-0.1, -0.05) is 30.3 Å². The van der Waals surface area contributed by atoms with Crippen LogP contribution in [0.1, 0.15) is 23.6 Å². The fourth-order valence-electron chi connectivity index (χ4n) is 3.04. The lowest BCUT2D eigenvalue weighted by atomic mass is 10.2. The Balaban J connectivity index is 1.55. The summed E-state index contributed by atoms with van der Waals surface area (Å²) in [6.07, 6.45) is 0.950. The fourth-order valence-corrected chi connectivity index (χ4v) is 3.04. The zero-order chi connectivity index (χ0) is 22.1. The highest BCUT2D eigenvalue weighted by Crippen LogP contribution is 2.10. The Morgan fingerprint density at radius 3 is 2.48 bits per heavy atom. The molecule has 7 nitrogen and oxygen atoms in total. The van der Waals surface area contributed by atoms with Crippen LogP contribution in [0.15, 0.2) is 59.6 Å². The summed E-state index contributed by atoms with van der Waals surface area (Å²) in [5, 5.41) is 15.0. The zero-order valence-electron chi connectivity index (χ0n) is 18.3. The molecule has 1 heterocycles. The first-order valence-corrected chi connectivity index (χ1v) is 10.4. The van der Waals surface area contributed by atoms with E-state index in [1.807, 2.05) is 36.7 Å². The van der Waals surface area contributed by atoms with Gasteiger partial charge in [-0.2, -0.15) is 0 Å². The van der Waals surface area contributed by atoms with E-state index in [2.05, 4.69) is 49.9 Å². The summed E-state index contributed by atoms with van der Waals surface area (Å²) in [7, 11) is 4.03. The molecular formula is C23H30FN7. The maximum Gasteiger partial charge on any atom is 0.191 e. The molecule has 0 aliphatic rings. The normalized spacial score (nSPS) is 11.4. The quantitative estimate of drug-likeness (QED) is 0.315. The predicted molar refractivity (Wildman–Crippen MR) is 122 cm³/mol. The first-order valence-electron chi connectivity index (χ1n) is 10.4. The Bertz CT molecular complexity index is 967. The van der Waals surface area contributed by atoms with Crippen molar-refractivity contribution in [3.8, 4) is 0 Å². The van der Waals surface area contributed by atoms with Gasteiger partial charge in [0.2, 0.25) is 0 Å². The molecule has 0 saturated carbocycles. The van der Waals surface area contributed by atoms with Gasteiger partial charge in [-0.05, 0) is 43.2 Å². The van der Waals surface area contributed by atoms with Crippen molar-refractivity contribution < 1.29 is 4.39 Å². The van der Waals surface area contributed by atoms with E-state index in [9.17, 15) is 4.39 Å². The van der Waals surface area contributed by atoms with Crippen LogP contribution in [0.5, 0.6) is 0 Å². The lowest BCUT2D eigenvalue weighted by Gasteiger charge is -2.19. The topological polar surface area (TPSA) is 70.4 Å². The lowest BCUT2D eigenvalue weighted by Crippen LogP contribution is -2.39. The monoisotopic (exact) mass is 423 g/mol. The van der Waals surface area contributed by atoms with Crippen molar-refractivity contribution in [2.24, 2.45) is 12.0 Å². The molecule has 0 atom stereocenters. The van der Waals surface area contributed by atoms with Crippen molar-refractivity contribution in [1.29, 1.82) is 0 Å². The van der Waals surface area contributed by atoms with Gasteiger partial charge in [-0.25, -0.2) is 9.38 Å². The minimum Gasteiger partial charge on any atom is -0.375 e. The Kier molecular flexibility index (Phi) is 7.98. The largest absolute Gasteiger partial charge is 0.375 e. The average Bonchev–Trinajstić information content (AvgIpc) is 3.11. The van der Waals surface area contributed by atoms with Crippen molar-refractivity contribution in [3.63, 3.8) is 0 Å². The van der Waals surface area contributed by atoms with Crippen molar-refractivity contribution >= 4 is 11.6 Å². The van der Waals surface area contributed by atoms with Crippen molar-refractivity contribution in [2.75, 3.05) is 25.0 Å². The molecule has 2 N–H and O–H groups in total. The molecule has 1 aromatic heterocycles. The second-order valence-corrected chi connectivity index (χ2v) is 7.40. The number of benzene rings is 2. The summed E-state index contributed by atoms with van der Waals surface area (Å²) in [5.74, 6) is 2.13. The number of aryl methyl sites for hydroxylation is 1. The molecule has 0 radical (unpaired) electrons. The van der Waals surface area contributed by atoms with Crippen molar-refractivity contribution in [1.82, 2.24) is 25.4 Å². The Morgan fingerprint density at radius 1 is 1.06 bits per heavy atom. The molecule has 0 spiro atoms. The molecule has 0 unspecified atom stereocenters.